The van der Waals surface area contributed by atoms with Crippen LogP contribution in [0, 0.1) is 0 Å². The van der Waals surface area contributed by atoms with Crippen LogP contribution >= 0.6 is 0 Å². The molecule has 0 aromatic heterocycles. The first-order valence-electron chi connectivity index (χ1n) is 2.23. The largest absolute Gasteiger partial charge is 1.00 e. The van der Waals surface area contributed by atoms with Crippen LogP contribution in [0.25, 0.3) is 0 Å². The Bertz CT molecular complexity index is 15.0. The Hall–Kier alpha value is -0.00506. The van der Waals surface area contributed by atoms with Crippen LogP contribution in [0.15, 0.2) is 0 Å². The van der Waals surface area contributed by atoms with Gasteiger partial charge >= 0.3 is 33.8 Å². The van der Waals surface area contributed by atoms with Gasteiger partial charge in [-0.2, -0.15) is 0 Å². The third-order valence-electron chi connectivity index (χ3n) is 0.577. The van der Waals surface area contributed by atoms with Crippen LogP contribution in [0.3, 0.4) is 0 Å². The van der Waals surface area contributed by atoms with Gasteiger partial charge < -0.3 is 4.70 Å². The Morgan fingerprint density at radius 2 is 1.50 bits per heavy atom. The second kappa shape index (κ2) is 8.89. The maximum Gasteiger partial charge on any atom is -1.00 e. The van der Waals surface area contributed by atoms with E-state index >= 15 is 0 Å². The summed E-state index contributed by atoms with van der Waals surface area (Å²) in [5, 5.41) is 0. The first-order chi connectivity index (χ1) is 2.41. The van der Waals surface area contributed by atoms with Crippen molar-refractivity contribution in [1.82, 2.24) is 0 Å². The third kappa shape index (κ3) is 9.00. The molecule has 0 aromatic carbocycles. The molecule has 0 fully saturated rings. The van der Waals surface area contributed by atoms with Crippen LogP contribution in [0.1, 0.15) is 13.8 Å². The molecule has 0 amide bonds. The van der Waals surface area contributed by atoms with E-state index in [-0.39, 0.29) is 4.70 Å². The van der Waals surface area contributed by atoms with Crippen LogP contribution in [-0.4, -0.2) is 7.28 Å². The molecule has 2 heteroatoms. The molecule has 0 aromatic rings. The topological polar surface area (TPSA) is 0 Å². The smallest absolute Gasteiger partial charge is 1.00 e. The molecule has 0 unspecified atom stereocenters. The molecule has 0 aliphatic heterocycles. The molecule has 6 heavy (non-hydrogen) atoms. The van der Waals surface area contributed by atoms with E-state index in [4.69, 9.17) is 0 Å². The maximum atomic E-state index is 2.25. The van der Waals surface area contributed by atoms with Gasteiger partial charge in [0.25, 0.3) is 0 Å². The first-order valence-corrected chi connectivity index (χ1v) is 2.23. The fourth-order valence-electron chi connectivity index (χ4n) is 0.289. The van der Waals surface area contributed by atoms with Crippen LogP contribution in [0.4, 0.5) is 0 Å². The second-order valence-electron chi connectivity index (χ2n) is 1.11. The zero-order valence-electron chi connectivity index (χ0n) is 4.37. The molecule has 0 aliphatic carbocycles. The fourth-order valence-corrected chi connectivity index (χ4v) is 0.289. The fraction of sp³-hybridized carbons (Fsp3) is 1.00. The van der Waals surface area contributed by atoms with Gasteiger partial charge in [-0.15, -0.1) is 0 Å². The van der Waals surface area contributed by atoms with Gasteiger partial charge in [-0.1, -0.05) is 0 Å². The molecule has 0 N–H and O–H groups in total. The minimum Gasteiger partial charge on any atom is -1.00 e. The molecule has 0 bridgehead atoms. The predicted molar refractivity (Wildman–Crippen MR) is 26.7 cm³/mol. The van der Waals surface area contributed by atoms with Crippen molar-refractivity contribution >= 4 is 7.28 Å². The van der Waals surface area contributed by atoms with Gasteiger partial charge in [0.05, 0.1) is 0 Å². The maximum absolute atomic E-state index is 2.25. The number of rotatable bonds is 2. The summed E-state index contributed by atoms with van der Waals surface area (Å²) in [4.78, 5) is 0. The van der Waals surface area contributed by atoms with Gasteiger partial charge in [0, 0.05) is 0 Å². The van der Waals surface area contributed by atoms with Crippen molar-refractivity contribution in [2.24, 2.45) is 0 Å². The van der Waals surface area contributed by atoms with Crippen molar-refractivity contribution in [3.63, 3.8) is 0 Å². The summed E-state index contributed by atoms with van der Waals surface area (Å²) in [5.41, 5.74) is 0. The van der Waals surface area contributed by atoms with Gasteiger partial charge in [-0.05, 0) is 0 Å². The second-order valence-corrected chi connectivity index (χ2v) is 1.11. The SMILES string of the molecule is CC[B+]CC.[F-]. The zero-order chi connectivity index (χ0) is 4.12. The Morgan fingerprint density at radius 1 is 1.17 bits per heavy atom. The summed E-state index contributed by atoms with van der Waals surface area (Å²) >= 11 is 0. The van der Waals surface area contributed by atoms with Gasteiger partial charge in [-0.3, -0.25) is 0 Å². The van der Waals surface area contributed by atoms with E-state index in [2.05, 4.69) is 21.1 Å². The quantitative estimate of drug-likeness (QED) is 0.363. The molecule has 0 saturated carbocycles. The zero-order valence-corrected chi connectivity index (χ0v) is 4.37. The molecule has 0 heterocycles. The monoisotopic (exact) mass is 88.1 g/mol. The van der Waals surface area contributed by atoms with Gasteiger partial charge in [0.15, 0.2) is 0 Å². The molecule has 0 radical (unpaired) electrons. The van der Waals surface area contributed by atoms with E-state index < -0.39 is 0 Å². The average molecular weight is 87.9 g/mol. The molecule has 0 atom stereocenters. The number of halogens is 1. The Labute approximate surface area is 39.6 Å². The Balaban J connectivity index is 0. The molecule has 0 nitrogen and oxygen atoms in total. The minimum atomic E-state index is 0. The van der Waals surface area contributed by atoms with Crippen LogP contribution in [0.5, 0.6) is 0 Å². The van der Waals surface area contributed by atoms with Crippen molar-refractivity contribution in [2.45, 2.75) is 26.5 Å². The van der Waals surface area contributed by atoms with E-state index in [1.807, 2.05) is 0 Å². The molecular formula is C4H10BF. The first kappa shape index (κ1) is 9.37. The molecule has 0 saturated heterocycles. The summed E-state index contributed by atoms with van der Waals surface area (Å²) in [6, 6.07) is 0. The summed E-state index contributed by atoms with van der Waals surface area (Å²) < 4.78 is 0. The number of hydrogen-bond acceptors (Lipinski definition) is 0. The molecule has 36 valence electrons. The normalized spacial score (nSPS) is 5.67. The molecule has 0 spiro atoms. The van der Waals surface area contributed by atoms with E-state index in [1.165, 1.54) is 12.6 Å². The minimum absolute atomic E-state index is 0. The average Bonchev–Trinajstić information content (AvgIpc) is 1.41. The summed E-state index contributed by atoms with van der Waals surface area (Å²) in [6.07, 6.45) is 2.44. The van der Waals surface area contributed by atoms with Crippen LogP contribution in [-0.2, 0) is 0 Å². The summed E-state index contributed by atoms with van der Waals surface area (Å²) in [7, 11) is 2.25. The molecular weight excluding hydrogens is 77.9 g/mol. The van der Waals surface area contributed by atoms with E-state index in [0.29, 0.717) is 0 Å². The molecule has 0 aliphatic rings. The van der Waals surface area contributed by atoms with Gasteiger partial charge in [-0.25, -0.2) is 0 Å². The van der Waals surface area contributed by atoms with Crippen molar-refractivity contribution in [3.8, 4) is 0 Å². The van der Waals surface area contributed by atoms with Gasteiger partial charge in [0.1, 0.15) is 0 Å². The van der Waals surface area contributed by atoms with Crippen LogP contribution < -0.4 is 4.70 Å². The summed E-state index contributed by atoms with van der Waals surface area (Å²) in [5.74, 6) is 0. The Kier molecular flexibility index (Phi) is 13.9. The van der Waals surface area contributed by atoms with Crippen LogP contribution in [0.2, 0.25) is 12.6 Å². The van der Waals surface area contributed by atoms with E-state index in [0.717, 1.165) is 0 Å². The van der Waals surface area contributed by atoms with E-state index in [9.17, 15) is 0 Å². The molecule has 0 rings (SSSR count). The standard InChI is InChI=1S/C4H10B.FH/c1-3-5-4-2;/h3-4H2,1-2H3;1H/q+1;/p-1. The Morgan fingerprint density at radius 3 is 1.50 bits per heavy atom. The number of hydrogen-bond donors (Lipinski definition) is 0. The predicted octanol–water partition coefficient (Wildman–Crippen LogP) is -1.43. The van der Waals surface area contributed by atoms with Crippen molar-refractivity contribution in [2.75, 3.05) is 0 Å². The van der Waals surface area contributed by atoms with E-state index in [1.54, 1.807) is 0 Å². The van der Waals surface area contributed by atoms with Gasteiger partial charge in [0.2, 0.25) is 0 Å². The van der Waals surface area contributed by atoms with Crippen molar-refractivity contribution in [1.29, 1.82) is 0 Å². The van der Waals surface area contributed by atoms with Crippen molar-refractivity contribution < 1.29 is 4.70 Å². The third-order valence-corrected chi connectivity index (χ3v) is 0.577. The summed E-state index contributed by atoms with van der Waals surface area (Å²) in [6.45, 7) is 4.31. The van der Waals surface area contributed by atoms with Crippen molar-refractivity contribution in [3.05, 3.63) is 0 Å².